The van der Waals surface area contributed by atoms with E-state index < -0.39 is 51.3 Å². The van der Waals surface area contributed by atoms with E-state index in [0.717, 1.165) is 61.5 Å². The molecule has 11 rings (SSSR count). The minimum Gasteiger partial charge on any atom is -0.344 e. The average molecular weight is 1010 g/mol. The Morgan fingerprint density at radius 2 is 1.69 bits per heavy atom. The molecular formula is C49H52ClF5N10O4S. The number of sulfonamides is 1. The lowest BCUT2D eigenvalue weighted by molar-refractivity contribution is -0.122. The molecule has 0 bridgehead atoms. The van der Waals surface area contributed by atoms with Crippen LogP contribution in [0.1, 0.15) is 115 Å². The van der Waals surface area contributed by atoms with Gasteiger partial charge in [0, 0.05) is 79.7 Å². The summed E-state index contributed by atoms with van der Waals surface area (Å²) in [7, 11) is -3.94. The van der Waals surface area contributed by atoms with E-state index in [0.29, 0.717) is 48.6 Å². The van der Waals surface area contributed by atoms with E-state index in [2.05, 4.69) is 15.1 Å². The largest absolute Gasteiger partial charge is 0.344 e. The van der Waals surface area contributed by atoms with E-state index in [1.165, 1.54) is 27.8 Å². The number of nitrogens with one attached hydrogen (secondary N) is 2. The van der Waals surface area contributed by atoms with Crippen molar-refractivity contribution in [2.24, 2.45) is 11.8 Å². The SMILES string of the molecule is Cc1cc(C2CCC(F)(F)CC2)nc2nc([C@H](Cc3cc(F)cc(F)c3)NC(=O)Cn3nc(C4CC4)c4c3C[C@@H]3CC43)n(-c3ccc(Cl)c4c(NS(C)(=O)=O)nn(CCN5CC(C(C)F)C5)c34)c(=O)c12. The molecule has 370 valence electrons. The summed E-state index contributed by atoms with van der Waals surface area (Å²) in [5.74, 6) is -4.47. The molecule has 5 aliphatic rings. The summed E-state index contributed by atoms with van der Waals surface area (Å²) in [6.07, 6.45) is 3.30. The highest BCUT2D eigenvalue weighted by Crippen LogP contribution is 2.60. The molecule has 1 amide bonds. The van der Waals surface area contributed by atoms with Gasteiger partial charge in [-0.15, -0.1) is 0 Å². The van der Waals surface area contributed by atoms with Crippen LogP contribution in [0.4, 0.5) is 27.8 Å². The molecule has 14 nitrogen and oxygen atoms in total. The molecule has 1 saturated heterocycles. The Morgan fingerprint density at radius 1 is 0.957 bits per heavy atom. The van der Waals surface area contributed by atoms with Gasteiger partial charge in [-0.3, -0.25) is 28.2 Å². The number of carbonyl (C=O) groups is 1. The third kappa shape index (κ3) is 8.96. The summed E-state index contributed by atoms with van der Waals surface area (Å²) in [6, 6.07) is 6.42. The molecule has 2 aromatic carbocycles. The van der Waals surface area contributed by atoms with Crippen molar-refractivity contribution in [2.75, 3.05) is 30.6 Å². The Hall–Kier alpha value is -5.47. The van der Waals surface area contributed by atoms with Gasteiger partial charge in [-0.05, 0) is 106 Å². The predicted octanol–water partition coefficient (Wildman–Crippen LogP) is 8.16. The Bertz CT molecular complexity index is 3270. The Balaban J connectivity index is 1.09. The molecule has 4 aromatic heterocycles. The zero-order chi connectivity index (χ0) is 49.1. The molecule has 4 aliphatic carbocycles. The topological polar surface area (TPSA) is 162 Å². The maximum atomic E-state index is 15.6. The van der Waals surface area contributed by atoms with Gasteiger partial charge in [-0.25, -0.2) is 40.3 Å². The van der Waals surface area contributed by atoms with Gasteiger partial charge < -0.3 is 10.2 Å². The van der Waals surface area contributed by atoms with Crippen LogP contribution in [0.15, 0.2) is 41.2 Å². The van der Waals surface area contributed by atoms with Gasteiger partial charge in [0.25, 0.3) is 5.56 Å². The monoisotopic (exact) mass is 1010 g/mol. The first kappa shape index (κ1) is 46.9. The molecule has 5 heterocycles. The van der Waals surface area contributed by atoms with E-state index in [1.807, 2.05) is 4.90 Å². The van der Waals surface area contributed by atoms with E-state index >= 15 is 13.6 Å². The molecule has 70 heavy (non-hydrogen) atoms. The number of aromatic nitrogens is 7. The fourth-order valence-electron chi connectivity index (χ4n) is 11.1. The zero-order valence-electron chi connectivity index (χ0n) is 38.8. The number of nitrogens with zero attached hydrogens (tertiary/aromatic N) is 8. The van der Waals surface area contributed by atoms with Crippen LogP contribution in [0.5, 0.6) is 0 Å². The van der Waals surface area contributed by atoms with Gasteiger partial charge in [0.1, 0.15) is 30.2 Å². The average Bonchev–Trinajstić information content (AvgIpc) is 4.15. The number of hydrogen-bond acceptors (Lipinski definition) is 9. The molecule has 1 aliphatic heterocycles. The molecule has 0 spiro atoms. The van der Waals surface area contributed by atoms with Gasteiger partial charge in [0.05, 0.1) is 51.5 Å². The van der Waals surface area contributed by atoms with Crippen LogP contribution in [-0.4, -0.2) is 91.3 Å². The second-order valence-electron chi connectivity index (χ2n) is 20.3. The predicted molar refractivity (Wildman–Crippen MR) is 253 cm³/mol. The van der Waals surface area contributed by atoms with E-state index in [9.17, 15) is 26.4 Å². The summed E-state index contributed by atoms with van der Waals surface area (Å²) in [6.45, 7) is 4.50. The summed E-state index contributed by atoms with van der Waals surface area (Å²) < 4.78 is 106. The number of rotatable bonds is 15. The summed E-state index contributed by atoms with van der Waals surface area (Å²) in [5, 5.41) is 13.0. The number of anilines is 1. The fraction of sp³-hybridized carbons (Fsp3) is 0.510. The third-order valence-electron chi connectivity index (χ3n) is 15.0. The first-order valence-corrected chi connectivity index (χ1v) is 26.2. The number of aryl methyl sites for hydroxylation is 1. The van der Waals surface area contributed by atoms with Gasteiger partial charge in [-0.2, -0.15) is 10.2 Å². The van der Waals surface area contributed by atoms with Gasteiger partial charge in [-0.1, -0.05) is 11.6 Å². The number of likely N-dealkylation sites (tertiary alicyclic amines) is 1. The van der Waals surface area contributed by atoms with Crippen LogP contribution in [0.25, 0.3) is 27.6 Å². The van der Waals surface area contributed by atoms with Crippen molar-refractivity contribution < 1.29 is 35.2 Å². The molecule has 3 saturated carbocycles. The first-order valence-electron chi connectivity index (χ1n) is 24.0. The van der Waals surface area contributed by atoms with Crippen LogP contribution in [0.3, 0.4) is 0 Å². The fourth-order valence-corrected chi connectivity index (χ4v) is 11.9. The van der Waals surface area contributed by atoms with E-state index in [4.69, 9.17) is 26.7 Å². The maximum Gasteiger partial charge on any atom is 0.268 e. The highest BCUT2D eigenvalue weighted by molar-refractivity contribution is 7.92. The van der Waals surface area contributed by atoms with Crippen molar-refractivity contribution in [1.82, 2.24) is 44.3 Å². The second kappa shape index (κ2) is 17.4. The van der Waals surface area contributed by atoms with Gasteiger partial charge in [0.2, 0.25) is 21.9 Å². The summed E-state index contributed by atoms with van der Waals surface area (Å²) in [5.41, 5.74) is 4.02. The summed E-state index contributed by atoms with van der Waals surface area (Å²) in [4.78, 5) is 42.2. The molecular weight excluding hydrogens is 955 g/mol. The molecule has 2 N–H and O–H groups in total. The second-order valence-corrected chi connectivity index (χ2v) is 22.5. The van der Waals surface area contributed by atoms with Crippen LogP contribution in [0, 0.1) is 30.4 Å². The quantitative estimate of drug-likeness (QED) is 0.0968. The Morgan fingerprint density at radius 3 is 2.37 bits per heavy atom. The standard InChI is InChI=1S/C49H52ClF5N10O4S/c1-24-14-35(27-8-10-49(54,55)11-9-27)57-45-40(24)48(67)65(37-7-6-34(50)42-44(37)63(60-46(42)61-70(3,68)69)13-12-62-21-30(22-62)25(2)51)47(58-45)36(17-26-15-31(52)20-32(53)16-26)56-39(66)23-64-38-19-29-18-33(29)41(38)43(59-64)28-4-5-28/h6-7,14-16,20,25,27-30,33,36H,4-5,8-13,17-19,21-23H2,1-3H3,(H,56,66)(H,60,61)/t25?,29-,33?,36-/m0/s1. The molecule has 2 unspecified atom stereocenters. The minimum absolute atomic E-state index is 0.0287. The smallest absolute Gasteiger partial charge is 0.268 e. The van der Waals surface area contributed by atoms with Crippen LogP contribution < -0.4 is 15.6 Å². The summed E-state index contributed by atoms with van der Waals surface area (Å²) >= 11 is 6.91. The zero-order valence-corrected chi connectivity index (χ0v) is 40.4. The minimum atomic E-state index is -3.94. The number of pyridine rings is 1. The highest BCUT2D eigenvalue weighted by atomic mass is 35.5. The highest BCUT2D eigenvalue weighted by Gasteiger charge is 2.51. The molecule has 6 aromatic rings. The van der Waals surface area contributed by atoms with Crippen LogP contribution >= 0.6 is 11.6 Å². The van der Waals surface area contributed by atoms with Crippen molar-refractivity contribution >= 4 is 55.3 Å². The van der Waals surface area contributed by atoms with Crippen molar-refractivity contribution in [3.05, 3.63) is 103 Å². The number of fused-ring (bicyclic) bond motifs is 5. The maximum absolute atomic E-state index is 15.6. The normalized spacial score (nSPS) is 21.2. The van der Waals surface area contributed by atoms with Crippen molar-refractivity contribution in [3.8, 4) is 5.69 Å². The van der Waals surface area contributed by atoms with Crippen molar-refractivity contribution in [2.45, 2.75) is 121 Å². The number of carbonyl (C=O) groups excluding carboxylic acids is 1. The molecule has 4 atom stereocenters. The lowest BCUT2D eigenvalue weighted by Crippen LogP contribution is -2.51. The Kier molecular flexibility index (Phi) is 11.6. The van der Waals surface area contributed by atoms with Crippen LogP contribution in [-0.2, 0) is 40.7 Å². The molecule has 4 fully saturated rings. The lowest BCUT2D eigenvalue weighted by atomic mass is 9.84. The molecule has 21 heteroatoms. The van der Waals surface area contributed by atoms with Crippen molar-refractivity contribution in [3.63, 3.8) is 0 Å². The molecule has 0 radical (unpaired) electrons. The van der Waals surface area contributed by atoms with Gasteiger partial charge >= 0.3 is 0 Å². The number of benzene rings is 2. The third-order valence-corrected chi connectivity index (χ3v) is 15.8. The first-order chi connectivity index (χ1) is 33.3. The number of amides is 1. The number of hydrogen-bond donors (Lipinski definition) is 2. The van der Waals surface area contributed by atoms with Crippen molar-refractivity contribution in [1.29, 1.82) is 0 Å². The Labute approximate surface area is 405 Å². The number of alkyl halides is 3. The van der Waals surface area contributed by atoms with E-state index in [1.54, 1.807) is 23.7 Å². The number of halogens is 6. The van der Waals surface area contributed by atoms with Gasteiger partial charge in [0.15, 0.2) is 11.5 Å². The lowest BCUT2D eigenvalue weighted by Gasteiger charge is -2.40. The van der Waals surface area contributed by atoms with E-state index in [-0.39, 0.29) is 107 Å². The van der Waals surface area contributed by atoms with Crippen LogP contribution in [0.2, 0.25) is 5.02 Å².